The van der Waals surface area contributed by atoms with E-state index < -0.39 is 0 Å². The number of hydrogen-bond donors (Lipinski definition) is 2. The molecule has 2 aromatic carbocycles. The van der Waals surface area contributed by atoms with Crippen LogP contribution in [0.15, 0.2) is 77.7 Å². The fraction of sp³-hybridized carbons (Fsp3) is 0.136. The molecule has 0 saturated heterocycles. The monoisotopic (exact) mass is 387 g/mol. The van der Waals surface area contributed by atoms with Crippen LogP contribution >= 0.6 is 0 Å². The number of hydrogen-bond acceptors (Lipinski definition) is 3. The summed E-state index contributed by atoms with van der Waals surface area (Å²) in [4.78, 5) is 24.7. The first-order valence-electron chi connectivity index (χ1n) is 9.33. The Balaban J connectivity index is 1.43. The van der Waals surface area contributed by atoms with Crippen molar-refractivity contribution >= 4 is 17.4 Å². The Hall–Kier alpha value is -3.87. The van der Waals surface area contributed by atoms with Gasteiger partial charge >= 0.3 is 11.7 Å². The number of nitrogens with one attached hydrogen (secondary N) is 2. The molecule has 2 aromatic heterocycles. The van der Waals surface area contributed by atoms with E-state index in [0.29, 0.717) is 24.4 Å². The Kier molecular flexibility index (Phi) is 5.11. The summed E-state index contributed by atoms with van der Waals surface area (Å²) in [7, 11) is 0. The third-order valence-corrected chi connectivity index (χ3v) is 4.71. The zero-order valence-corrected chi connectivity index (χ0v) is 16.0. The maximum atomic E-state index is 12.4. The minimum Gasteiger partial charge on any atom is -0.334 e. The van der Waals surface area contributed by atoms with Gasteiger partial charge in [-0.05, 0) is 47.9 Å². The molecule has 0 unspecified atom stereocenters. The molecule has 7 heteroatoms. The van der Waals surface area contributed by atoms with Crippen LogP contribution in [0.4, 0.5) is 10.5 Å². The number of carbonyl (C=O) groups is 1. The minimum absolute atomic E-state index is 0.199. The van der Waals surface area contributed by atoms with Gasteiger partial charge in [0, 0.05) is 18.4 Å². The summed E-state index contributed by atoms with van der Waals surface area (Å²) in [5.74, 6) is 0. The molecule has 29 heavy (non-hydrogen) atoms. The highest BCUT2D eigenvalue weighted by atomic mass is 16.2. The van der Waals surface area contributed by atoms with Gasteiger partial charge in [0.2, 0.25) is 0 Å². The van der Waals surface area contributed by atoms with Crippen molar-refractivity contribution in [3.63, 3.8) is 0 Å². The van der Waals surface area contributed by atoms with Crippen LogP contribution in [0.3, 0.4) is 0 Å². The molecule has 4 rings (SSSR count). The fourth-order valence-corrected chi connectivity index (χ4v) is 3.15. The maximum Gasteiger partial charge on any atom is 0.350 e. The maximum absolute atomic E-state index is 12.4. The zero-order valence-electron chi connectivity index (χ0n) is 16.0. The fourth-order valence-electron chi connectivity index (χ4n) is 3.15. The Morgan fingerprint density at radius 2 is 1.86 bits per heavy atom. The first kappa shape index (κ1) is 18.5. The van der Waals surface area contributed by atoms with Gasteiger partial charge < -0.3 is 10.6 Å². The summed E-state index contributed by atoms with van der Waals surface area (Å²) >= 11 is 0. The molecule has 0 aliphatic rings. The summed E-state index contributed by atoms with van der Waals surface area (Å²) in [6, 6.07) is 20.4. The lowest BCUT2D eigenvalue weighted by Gasteiger charge is -2.10. The van der Waals surface area contributed by atoms with Crippen molar-refractivity contribution in [3.8, 4) is 0 Å². The second-order valence-corrected chi connectivity index (χ2v) is 6.80. The van der Waals surface area contributed by atoms with Gasteiger partial charge in [-0.1, -0.05) is 42.5 Å². The average Bonchev–Trinajstić information content (AvgIpc) is 3.03. The molecule has 0 bridgehead atoms. The highest BCUT2D eigenvalue weighted by Gasteiger charge is 2.08. The summed E-state index contributed by atoms with van der Waals surface area (Å²) in [6.07, 6.45) is 1.69. The topological polar surface area (TPSA) is 80.4 Å². The van der Waals surface area contributed by atoms with Gasteiger partial charge in [0.1, 0.15) is 0 Å². The van der Waals surface area contributed by atoms with Crippen molar-refractivity contribution in [1.82, 2.24) is 19.5 Å². The van der Waals surface area contributed by atoms with Crippen molar-refractivity contribution in [2.75, 3.05) is 5.32 Å². The van der Waals surface area contributed by atoms with Crippen molar-refractivity contribution in [2.45, 2.75) is 20.0 Å². The van der Waals surface area contributed by atoms with Gasteiger partial charge in [-0.3, -0.25) is 4.40 Å². The number of nitrogens with zero attached hydrogens (tertiary/aromatic N) is 3. The molecule has 2 heterocycles. The summed E-state index contributed by atoms with van der Waals surface area (Å²) in [5.41, 5.74) is 4.13. The van der Waals surface area contributed by atoms with Crippen LogP contribution in [-0.4, -0.2) is 20.2 Å². The standard InChI is InChI=1S/C22H21N5O2/c1-16-7-2-3-9-18(16)14-23-21(28)24-19-10-6-8-17(13-19)15-27-22(29)26-12-5-4-11-20(26)25-27/h2-13H,14-15H2,1H3,(H2,23,24,28). The third-order valence-electron chi connectivity index (χ3n) is 4.71. The van der Waals surface area contributed by atoms with E-state index in [1.165, 1.54) is 9.08 Å². The number of carbonyl (C=O) groups excluding carboxylic acids is 1. The van der Waals surface area contributed by atoms with Gasteiger partial charge in [-0.15, -0.1) is 5.10 Å². The molecule has 7 nitrogen and oxygen atoms in total. The SMILES string of the molecule is Cc1ccccc1CNC(=O)Nc1cccc(Cn2nc3ccccn3c2=O)c1. The molecule has 0 aliphatic heterocycles. The molecular formula is C22H21N5O2. The lowest BCUT2D eigenvalue weighted by Crippen LogP contribution is -2.28. The highest BCUT2D eigenvalue weighted by Crippen LogP contribution is 2.12. The van der Waals surface area contributed by atoms with Crippen molar-refractivity contribution in [2.24, 2.45) is 0 Å². The van der Waals surface area contributed by atoms with E-state index in [1.54, 1.807) is 18.3 Å². The van der Waals surface area contributed by atoms with E-state index in [2.05, 4.69) is 15.7 Å². The Labute approximate surface area is 167 Å². The Morgan fingerprint density at radius 1 is 1.03 bits per heavy atom. The number of rotatable bonds is 5. The Morgan fingerprint density at radius 3 is 2.69 bits per heavy atom. The van der Waals surface area contributed by atoms with E-state index in [0.717, 1.165) is 16.7 Å². The molecule has 0 spiro atoms. The zero-order chi connectivity index (χ0) is 20.2. The lowest BCUT2D eigenvalue weighted by molar-refractivity contribution is 0.251. The number of benzene rings is 2. The number of pyridine rings is 1. The molecular weight excluding hydrogens is 366 g/mol. The van der Waals surface area contributed by atoms with Gasteiger partial charge in [-0.2, -0.15) is 0 Å². The van der Waals surface area contributed by atoms with Crippen LogP contribution < -0.4 is 16.3 Å². The molecule has 4 aromatic rings. The van der Waals surface area contributed by atoms with Gasteiger partial charge in [0.15, 0.2) is 5.65 Å². The molecule has 2 amide bonds. The van der Waals surface area contributed by atoms with Crippen LogP contribution in [0.25, 0.3) is 5.65 Å². The lowest BCUT2D eigenvalue weighted by atomic mass is 10.1. The number of anilines is 1. The number of fused-ring (bicyclic) bond motifs is 1. The van der Waals surface area contributed by atoms with Crippen molar-refractivity contribution in [3.05, 3.63) is 100 Å². The summed E-state index contributed by atoms with van der Waals surface area (Å²) < 4.78 is 2.91. The predicted molar refractivity (Wildman–Crippen MR) is 112 cm³/mol. The number of aromatic nitrogens is 3. The van der Waals surface area contributed by atoms with Gasteiger partial charge in [0.25, 0.3) is 0 Å². The Bertz CT molecular complexity index is 1230. The quantitative estimate of drug-likeness (QED) is 0.552. The van der Waals surface area contributed by atoms with E-state index in [4.69, 9.17) is 0 Å². The van der Waals surface area contributed by atoms with Crippen molar-refractivity contribution < 1.29 is 4.79 Å². The van der Waals surface area contributed by atoms with Crippen LogP contribution in [0.5, 0.6) is 0 Å². The minimum atomic E-state index is -0.282. The molecule has 0 aliphatic carbocycles. The second-order valence-electron chi connectivity index (χ2n) is 6.80. The molecule has 146 valence electrons. The predicted octanol–water partition coefficient (Wildman–Crippen LogP) is 3.17. The summed E-state index contributed by atoms with van der Waals surface area (Å²) in [6.45, 7) is 2.79. The van der Waals surface area contributed by atoms with Crippen LogP contribution in [0, 0.1) is 6.92 Å². The molecule has 0 saturated carbocycles. The highest BCUT2D eigenvalue weighted by molar-refractivity contribution is 5.89. The molecule has 0 fully saturated rings. The smallest absolute Gasteiger partial charge is 0.334 e. The number of amides is 2. The van der Waals surface area contributed by atoms with Gasteiger partial charge in [0.05, 0.1) is 6.54 Å². The number of urea groups is 1. The molecule has 2 N–H and O–H groups in total. The first-order valence-corrected chi connectivity index (χ1v) is 9.33. The van der Waals surface area contributed by atoms with Crippen LogP contribution in [0.1, 0.15) is 16.7 Å². The van der Waals surface area contributed by atoms with Crippen LogP contribution in [0.2, 0.25) is 0 Å². The second kappa shape index (κ2) is 8.02. The van der Waals surface area contributed by atoms with Crippen molar-refractivity contribution in [1.29, 1.82) is 0 Å². The number of aryl methyl sites for hydroxylation is 1. The third kappa shape index (κ3) is 4.19. The average molecular weight is 387 g/mol. The summed E-state index contributed by atoms with van der Waals surface area (Å²) in [5, 5.41) is 10.0. The molecule has 0 atom stereocenters. The molecule has 0 radical (unpaired) electrons. The van der Waals surface area contributed by atoms with Crippen LogP contribution in [-0.2, 0) is 13.1 Å². The van der Waals surface area contributed by atoms with Gasteiger partial charge in [-0.25, -0.2) is 14.3 Å². The largest absolute Gasteiger partial charge is 0.350 e. The normalized spacial score (nSPS) is 10.8. The van der Waals surface area contributed by atoms with E-state index in [9.17, 15) is 9.59 Å². The van der Waals surface area contributed by atoms with E-state index in [-0.39, 0.29) is 11.7 Å². The first-order chi connectivity index (χ1) is 14.1. The van der Waals surface area contributed by atoms with E-state index in [1.807, 2.05) is 61.5 Å². The van der Waals surface area contributed by atoms with E-state index >= 15 is 0 Å².